The first-order valence-corrected chi connectivity index (χ1v) is 5.15. The van der Waals surface area contributed by atoms with E-state index in [2.05, 4.69) is 5.32 Å². The summed E-state index contributed by atoms with van der Waals surface area (Å²) in [7, 11) is 1.51. The molecule has 1 rings (SSSR count). The topological polar surface area (TPSA) is 55.4 Å². The number of amides is 1. The second kappa shape index (κ2) is 5.90. The average molecular weight is 221 g/mol. The maximum Gasteiger partial charge on any atom is 0.292 e. The third kappa shape index (κ3) is 3.08. The molecule has 0 aliphatic heterocycles. The van der Waals surface area contributed by atoms with Crippen molar-refractivity contribution in [2.24, 2.45) is 0 Å². The summed E-state index contributed by atoms with van der Waals surface area (Å²) in [5.74, 6) is -0.545. The molecule has 0 saturated carbocycles. The van der Waals surface area contributed by atoms with E-state index in [4.69, 9.17) is 4.74 Å². The van der Waals surface area contributed by atoms with Crippen molar-refractivity contribution in [1.29, 1.82) is 0 Å². The van der Waals surface area contributed by atoms with Crippen LogP contribution in [0, 0.1) is 0 Å². The highest BCUT2D eigenvalue weighted by atomic mass is 16.5. The van der Waals surface area contributed by atoms with E-state index >= 15 is 0 Å². The number of ketones is 1. The van der Waals surface area contributed by atoms with Crippen LogP contribution in [0.3, 0.4) is 0 Å². The van der Waals surface area contributed by atoms with Gasteiger partial charge in [-0.3, -0.25) is 9.59 Å². The molecule has 0 radical (unpaired) electrons. The van der Waals surface area contributed by atoms with Gasteiger partial charge in [0.25, 0.3) is 5.91 Å². The normalized spacial score (nSPS) is 9.62. The number of methoxy groups -OCH3 is 1. The lowest BCUT2D eigenvalue weighted by Gasteiger charge is -2.04. The Morgan fingerprint density at radius 3 is 2.75 bits per heavy atom. The van der Waals surface area contributed by atoms with Crippen molar-refractivity contribution in [3.05, 3.63) is 29.8 Å². The summed E-state index contributed by atoms with van der Waals surface area (Å²) in [5, 5.41) is 2.54. The monoisotopic (exact) mass is 221 g/mol. The molecule has 0 spiro atoms. The molecule has 0 aromatic heterocycles. The minimum atomic E-state index is -0.574. The van der Waals surface area contributed by atoms with Gasteiger partial charge in [-0.25, -0.2) is 0 Å². The number of benzene rings is 1. The zero-order valence-corrected chi connectivity index (χ0v) is 9.45. The van der Waals surface area contributed by atoms with E-state index in [9.17, 15) is 9.59 Å². The van der Waals surface area contributed by atoms with E-state index < -0.39 is 11.7 Å². The van der Waals surface area contributed by atoms with E-state index in [1.807, 2.05) is 6.92 Å². The Kier molecular flexibility index (Phi) is 4.51. The minimum absolute atomic E-state index is 0.341. The van der Waals surface area contributed by atoms with Gasteiger partial charge in [-0.15, -0.1) is 0 Å². The van der Waals surface area contributed by atoms with E-state index in [0.717, 1.165) is 6.42 Å². The largest absolute Gasteiger partial charge is 0.497 e. The third-order valence-electron chi connectivity index (χ3n) is 2.07. The summed E-state index contributed by atoms with van der Waals surface area (Å²) in [6.45, 7) is 2.44. The summed E-state index contributed by atoms with van der Waals surface area (Å²) < 4.78 is 4.98. The summed E-state index contributed by atoms with van der Waals surface area (Å²) >= 11 is 0. The molecule has 0 atom stereocenters. The molecule has 86 valence electrons. The number of carbonyl (C=O) groups is 2. The van der Waals surface area contributed by atoms with Gasteiger partial charge in [0, 0.05) is 12.1 Å². The lowest BCUT2D eigenvalue weighted by Crippen LogP contribution is -2.31. The second-order valence-electron chi connectivity index (χ2n) is 3.32. The van der Waals surface area contributed by atoms with Crippen LogP contribution in [-0.2, 0) is 4.79 Å². The van der Waals surface area contributed by atoms with E-state index in [-0.39, 0.29) is 0 Å². The zero-order valence-electron chi connectivity index (χ0n) is 9.45. The molecule has 0 aliphatic rings. The lowest BCUT2D eigenvalue weighted by molar-refractivity contribution is -0.116. The summed E-state index contributed by atoms with van der Waals surface area (Å²) in [4.78, 5) is 23.1. The first kappa shape index (κ1) is 12.2. The molecule has 0 unspecified atom stereocenters. The van der Waals surface area contributed by atoms with Crippen molar-refractivity contribution in [2.75, 3.05) is 13.7 Å². The van der Waals surface area contributed by atoms with E-state index in [1.54, 1.807) is 24.3 Å². The Labute approximate surface area is 94.6 Å². The van der Waals surface area contributed by atoms with Crippen molar-refractivity contribution >= 4 is 11.7 Å². The van der Waals surface area contributed by atoms with Crippen molar-refractivity contribution in [1.82, 2.24) is 5.32 Å². The maximum absolute atomic E-state index is 11.7. The fourth-order valence-corrected chi connectivity index (χ4v) is 1.21. The van der Waals surface area contributed by atoms with Crippen LogP contribution in [0.15, 0.2) is 24.3 Å². The van der Waals surface area contributed by atoms with Crippen molar-refractivity contribution in [3.8, 4) is 5.75 Å². The smallest absolute Gasteiger partial charge is 0.292 e. The fraction of sp³-hybridized carbons (Fsp3) is 0.333. The quantitative estimate of drug-likeness (QED) is 0.604. The molecule has 1 N–H and O–H groups in total. The number of rotatable bonds is 5. The molecule has 16 heavy (non-hydrogen) atoms. The molecule has 0 saturated heterocycles. The predicted octanol–water partition coefficient (Wildman–Crippen LogP) is 1.40. The maximum atomic E-state index is 11.7. The Morgan fingerprint density at radius 1 is 1.38 bits per heavy atom. The van der Waals surface area contributed by atoms with Gasteiger partial charge in [0.05, 0.1) is 7.11 Å². The molecular formula is C12H15NO3. The average Bonchev–Trinajstić information content (AvgIpc) is 2.35. The second-order valence-corrected chi connectivity index (χ2v) is 3.32. The van der Waals surface area contributed by atoms with Crippen LogP contribution in [0.5, 0.6) is 5.75 Å². The minimum Gasteiger partial charge on any atom is -0.497 e. The Hall–Kier alpha value is -1.84. The van der Waals surface area contributed by atoms with Crippen LogP contribution in [0.1, 0.15) is 23.7 Å². The highest BCUT2D eigenvalue weighted by Crippen LogP contribution is 2.12. The zero-order chi connectivity index (χ0) is 12.0. The number of hydrogen-bond acceptors (Lipinski definition) is 3. The van der Waals surface area contributed by atoms with Crippen LogP contribution in [0.2, 0.25) is 0 Å². The Balaban J connectivity index is 2.75. The van der Waals surface area contributed by atoms with Gasteiger partial charge in [-0.05, 0) is 18.6 Å². The van der Waals surface area contributed by atoms with Crippen LogP contribution in [0.4, 0.5) is 0 Å². The first-order chi connectivity index (χ1) is 7.69. The SMILES string of the molecule is CCCNC(=O)C(=O)c1cccc(OC)c1. The van der Waals surface area contributed by atoms with Gasteiger partial charge in [0.1, 0.15) is 5.75 Å². The third-order valence-corrected chi connectivity index (χ3v) is 2.07. The number of ether oxygens (including phenoxy) is 1. The molecule has 1 aromatic carbocycles. The number of Topliss-reactive ketones (excluding diaryl/α,β-unsaturated/α-hetero) is 1. The summed E-state index contributed by atoms with van der Waals surface area (Å²) in [5.41, 5.74) is 0.341. The highest BCUT2D eigenvalue weighted by Gasteiger charge is 2.15. The molecule has 4 nitrogen and oxygen atoms in total. The number of nitrogens with one attached hydrogen (secondary N) is 1. The van der Waals surface area contributed by atoms with Crippen LogP contribution in [0.25, 0.3) is 0 Å². The van der Waals surface area contributed by atoms with Gasteiger partial charge in [-0.2, -0.15) is 0 Å². The van der Waals surface area contributed by atoms with E-state index in [0.29, 0.717) is 17.9 Å². The highest BCUT2D eigenvalue weighted by molar-refractivity contribution is 6.42. The standard InChI is InChI=1S/C12H15NO3/c1-3-7-13-12(15)11(14)9-5-4-6-10(8-9)16-2/h4-6,8H,3,7H2,1-2H3,(H,13,15). The molecule has 1 aromatic rings. The molecule has 4 heteroatoms. The summed E-state index contributed by atoms with van der Waals surface area (Å²) in [6.07, 6.45) is 0.803. The van der Waals surface area contributed by atoms with Crippen molar-refractivity contribution in [2.45, 2.75) is 13.3 Å². The van der Waals surface area contributed by atoms with Crippen molar-refractivity contribution < 1.29 is 14.3 Å². The molecule has 1 amide bonds. The van der Waals surface area contributed by atoms with Gasteiger partial charge < -0.3 is 10.1 Å². The number of carbonyl (C=O) groups excluding carboxylic acids is 2. The van der Waals surface area contributed by atoms with Crippen molar-refractivity contribution in [3.63, 3.8) is 0 Å². The molecule has 0 fully saturated rings. The van der Waals surface area contributed by atoms with Gasteiger partial charge >= 0.3 is 0 Å². The molecule has 0 heterocycles. The molecule has 0 aliphatic carbocycles. The Bertz CT molecular complexity index is 388. The lowest BCUT2D eigenvalue weighted by atomic mass is 10.1. The molecule has 0 bridgehead atoms. The van der Waals surface area contributed by atoms with Crippen LogP contribution < -0.4 is 10.1 Å². The van der Waals surface area contributed by atoms with E-state index in [1.165, 1.54) is 7.11 Å². The van der Waals surface area contributed by atoms with Gasteiger partial charge in [0.2, 0.25) is 5.78 Å². The fourth-order valence-electron chi connectivity index (χ4n) is 1.21. The molecular weight excluding hydrogens is 206 g/mol. The predicted molar refractivity (Wildman–Crippen MR) is 60.6 cm³/mol. The number of hydrogen-bond donors (Lipinski definition) is 1. The van der Waals surface area contributed by atoms with Crippen LogP contribution in [-0.4, -0.2) is 25.3 Å². The van der Waals surface area contributed by atoms with Crippen LogP contribution >= 0.6 is 0 Å². The first-order valence-electron chi connectivity index (χ1n) is 5.15. The van der Waals surface area contributed by atoms with Gasteiger partial charge in [0.15, 0.2) is 0 Å². The Morgan fingerprint density at radius 2 is 2.12 bits per heavy atom. The van der Waals surface area contributed by atoms with Gasteiger partial charge in [-0.1, -0.05) is 19.1 Å². The summed E-state index contributed by atoms with van der Waals surface area (Å²) in [6, 6.07) is 6.55.